The zero-order valence-electron chi connectivity index (χ0n) is 10.9. The maximum absolute atomic E-state index is 13.0. The Labute approximate surface area is 110 Å². The number of ether oxygens (including phenoxy) is 1. The van der Waals surface area contributed by atoms with Gasteiger partial charge in [0.15, 0.2) is 6.61 Å². The number of anilines is 1. The van der Waals surface area contributed by atoms with Crippen molar-refractivity contribution < 1.29 is 18.7 Å². The van der Waals surface area contributed by atoms with Crippen LogP contribution in [0.1, 0.15) is 30.6 Å². The zero-order valence-corrected chi connectivity index (χ0v) is 10.9. The zero-order chi connectivity index (χ0) is 14.4. The third kappa shape index (κ3) is 4.95. The molecule has 0 saturated heterocycles. The summed E-state index contributed by atoms with van der Waals surface area (Å²) in [5, 5.41) is 2.64. The summed E-state index contributed by atoms with van der Waals surface area (Å²) in [6.45, 7) is 3.36. The van der Waals surface area contributed by atoms with E-state index in [2.05, 4.69) is 5.32 Å². The molecule has 1 amide bonds. The van der Waals surface area contributed by atoms with E-state index in [1.807, 2.05) is 13.8 Å². The topological polar surface area (TPSA) is 81.4 Å². The van der Waals surface area contributed by atoms with Gasteiger partial charge in [0.2, 0.25) is 0 Å². The van der Waals surface area contributed by atoms with Gasteiger partial charge < -0.3 is 15.8 Å². The second-order valence-corrected chi connectivity index (χ2v) is 4.23. The van der Waals surface area contributed by atoms with Crippen LogP contribution in [-0.4, -0.2) is 24.5 Å². The lowest BCUT2D eigenvalue weighted by atomic mass is 10.2. The van der Waals surface area contributed by atoms with Crippen LogP contribution in [0.3, 0.4) is 0 Å². The second-order valence-electron chi connectivity index (χ2n) is 4.23. The molecule has 1 unspecified atom stereocenters. The number of hydrogen-bond acceptors (Lipinski definition) is 4. The maximum Gasteiger partial charge on any atom is 0.338 e. The smallest absolute Gasteiger partial charge is 0.338 e. The van der Waals surface area contributed by atoms with Gasteiger partial charge >= 0.3 is 5.97 Å². The lowest BCUT2D eigenvalue weighted by Crippen LogP contribution is -2.35. The summed E-state index contributed by atoms with van der Waals surface area (Å²) in [4.78, 5) is 23.0. The van der Waals surface area contributed by atoms with Gasteiger partial charge in [0.25, 0.3) is 5.91 Å². The van der Waals surface area contributed by atoms with Crippen LogP contribution in [0, 0.1) is 5.82 Å². The molecule has 1 aromatic carbocycles. The number of nitrogens with one attached hydrogen (secondary N) is 1. The highest BCUT2D eigenvalue weighted by Gasteiger charge is 2.12. The van der Waals surface area contributed by atoms with Crippen molar-refractivity contribution in [1.29, 1.82) is 0 Å². The van der Waals surface area contributed by atoms with E-state index in [4.69, 9.17) is 10.5 Å². The number of benzene rings is 1. The average Bonchev–Trinajstić information content (AvgIpc) is 2.34. The van der Waals surface area contributed by atoms with Gasteiger partial charge in [-0.05, 0) is 31.5 Å². The standard InChI is InChI=1S/C13H17FN2O3/c1-3-8(2)16-12(17)7-19-13(18)9-4-10(14)6-11(15)5-9/h4-6,8H,3,7,15H2,1-2H3,(H,16,17). The van der Waals surface area contributed by atoms with Crippen LogP contribution < -0.4 is 11.1 Å². The van der Waals surface area contributed by atoms with Crippen LogP contribution >= 0.6 is 0 Å². The van der Waals surface area contributed by atoms with Crippen LogP contribution in [0.5, 0.6) is 0 Å². The number of halogens is 1. The van der Waals surface area contributed by atoms with Crippen molar-refractivity contribution in [3.8, 4) is 0 Å². The Bertz CT molecular complexity index is 457. The molecule has 0 aromatic heterocycles. The number of rotatable bonds is 5. The normalized spacial score (nSPS) is 11.7. The molecule has 5 nitrogen and oxygen atoms in total. The second kappa shape index (κ2) is 6.72. The first-order valence-corrected chi connectivity index (χ1v) is 5.95. The van der Waals surface area contributed by atoms with Crippen LogP contribution in [0.25, 0.3) is 0 Å². The Kier molecular flexibility index (Phi) is 5.29. The van der Waals surface area contributed by atoms with Crippen molar-refractivity contribution in [1.82, 2.24) is 5.32 Å². The van der Waals surface area contributed by atoms with Gasteiger partial charge in [-0.2, -0.15) is 0 Å². The van der Waals surface area contributed by atoms with E-state index in [1.54, 1.807) is 0 Å². The monoisotopic (exact) mass is 268 g/mol. The first-order valence-electron chi connectivity index (χ1n) is 5.95. The summed E-state index contributed by atoms with van der Waals surface area (Å²) < 4.78 is 17.8. The number of carbonyl (C=O) groups is 2. The van der Waals surface area contributed by atoms with Crippen LogP contribution in [0.2, 0.25) is 0 Å². The third-order valence-corrected chi connectivity index (χ3v) is 2.51. The first kappa shape index (κ1) is 14.9. The molecule has 1 aromatic rings. The van der Waals surface area contributed by atoms with Gasteiger partial charge in [-0.25, -0.2) is 9.18 Å². The fraction of sp³-hybridized carbons (Fsp3) is 0.385. The van der Waals surface area contributed by atoms with E-state index >= 15 is 0 Å². The molecule has 0 fully saturated rings. The molecule has 1 atom stereocenters. The minimum Gasteiger partial charge on any atom is -0.452 e. The van der Waals surface area contributed by atoms with Crippen molar-refractivity contribution in [2.75, 3.05) is 12.3 Å². The Morgan fingerprint density at radius 3 is 2.68 bits per heavy atom. The summed E-state index contributed by atoms with van der Waals surface area (Å²) in [6, 6.07) is 3.39. The maximum atomic E-state index is 13.0. The Hall–Kier alpha value is -2.11. The molecular formula is C13H17FN2O3. The van der Waals surface area contributed by atoms with Gasteiger partial charge in [0.05, 0.1) is 5.56 Å². The molecule has 0 aliphatic carbocycles. The lowest BCUT2D eigenvalue weighted by molar-refractivity contribution is -0.124. The molecule has 3 N–H and O–H groups in total. The molecule has 19 heavy (non-hydrogen) atoms. The summed E-state index contributed by atoms with van der Waals surface area (Å²) >= 11 is 0. The quantitative estimate of drug-likeness (QED) is 0.626. The highest BCUT2D eigenvalue weighted by molar-refractivity contribution is 5.92. The average molecular weight is 268 g/mol. The number of nitrogen functional groups attached to an aromatic ring is 1. The van der Waals surface area contributed by atoms with Crippen molar-refractivity contribution >= 4 is 17.6 Å². The molecule has 0 aliphatic heterocycles. The fourth-order valence-corrected chi connectivity index (χ4v) is 1.36. The predicted molar refractivity (Wildman–Crippen MR) is 69.0 cm³/mol. The molecular weight excluding hydrogens is 251 g/mol. The predicted octanol–water partition coefficient (Wildman–Crippen LogP) is 1.48. The molecule has 104 valence electrons. The van der Waals surface area contributed by atoms with E-state index in [0.29, 0.717) is 0 Å². The highest BCUT2D eigenvalue weighted by Crippen LogP contribution is 2.11. The number of nitrogens with two attached hydrogens (primary N) is 1. The SMILES string of the molecule is CCC(C)NC(=O)COC(=O)c1cc(N)cc(F)c1. The molecule has 0 heterocycles. The third-order valence-electron chi connectivity index (χ3n) is 2.51. The Morgan fingerprint density at radius 1 is 1.42 bits per heavy atom. The van der Waals surface area contributed by atoms with Gasteiger partial charge in [-0.15, -0.1) is 0 Å². The van der Waals surface area contributed by atoms with Crippen LogP contribution in [0.4, 0.5) is 10.1 Å². The van der Waals surface area contributed by atoms with Crippen LogP contribution in [0.15, 0.2) is 18.2 Å². The van der Waals surface area contributed by atoms with Gasteiger partial charge in [-0.3, -0.25) is 4.79 Å². The Morgan fingerprint density at radius 2 is 2.11 bits per heavy atom. The van der Waals surface area contributed by atoms with Crippen LogP contribution in [-0.2, 0) is 9.53 Å². The summed E-state index contributed by atoms with van der Waals surface area (Å²) in [6.07, 6.45) is 0.778. The molecule has 6 heteroatoms. The Balaban J connectivity index is 2.53. The lowest BCUT2D eigenvalue weighted by Gasteiger charge is -2.11. The van der Waals surface area contributed by atoms with Crippen molar-refractivity contribution in [3.05, 3.63) is 29.6 Å². The fourth-order valence-electron chi connectivity index (χ4n) is 1.36. The molecule has 0 spiro atoms. The van der Waals surface area contributed by atoms with E-state index in [-0.39, 0.29) is 17.3 Å². The number of hydrogen-bond donors (Lipinski definition) is 2. The molecule has 0 aliphatic rings. The summed E-state index contributed by atoms with van der Waals surface area (Å²) in [7, 11) is 0. The van der Waals surface area contributed by atoms with Gasteiger partial charge in [0.1, 0.15) is 5.82 Å². The largest absolute Gasteiger partial charge is 0.452 e. The molecule has 1 rings (SSSR count). The van der Waals surface area contributed by atoms with Gasteiger partial charge in [0, 0.05) is 11.7 Å². The number of amides is 1. The number of esters is 1. The van der Waals surface area contributed by atoms with E-state index in [1.165, 1.54) is 6.07 Å². The number of carbonyl (C=O) groups excluding carboxylic acids is 2. The van der Waals surface area contributed by atoms with Crippen molar-refractivity contribution in [2.24, 2.45) is 0 Å². The summed E-state index contributed by atoms with van der Waals surface area (Å²) in [5.41, 5.74) is 5.51. The van der Waals surface area contributed by atoms with Crippen molar-refractivity contribution in [2.45, 2.75) is 26.3 Å². The first-order chi connectivity index (χ1) is 8.92. The highest BCUT2D eigenvalue weighted by atomic mass is 19.1. The minimum absolute atomic E-state index is 0.0102. The summed E-state index contributed by atoms with van der Waals surface area (Å²) in [5.74, 6) is -1.81. The molecule has 0 bridgehead atoms. The van der Waals surface area contributed by atoms with Gasteiger partial charge in [-0.1, -0.05) is 6.92 Å². The molecule has 0 radical (unpaired) electrons. The van der Waals surface area contributed by atoms with E-state index < -0.39 is 24.3 Å². The van der Waals surface area contributed by atoms with Crippen molar-refractivity contribution in [3.63, 3.8) is 0 Å². The van der Waals surface area contributed by atoms with E-state index in [0.717, 1.165) is 18.6 Å². The minimum atomic E-state index is -0.787. The molecule has 0 saturated carbocycles. The van der Waals surface area contributed by atoms with E-state index in [9.17, 15) is 14.0 Å².